The van der Waals surface area contributed by atoms with Gasteiger partial charge in [0.05, 0.1) is 11.8 Å². The van der Waals surface area contributed by atoms with Gasteiger partial charge in [-0.2, -0.15) is 0 Å². The maximum atomic E-state index is 11.9. The Balaban J connectivity index is -0.00000162. The van der Waals surface area contributed by atoms with Gasteiger partial charge in [0.1, 0.15) is 0 Å². The van der Waals surface area contributed by atoms with Crippen molar-refractivity contribution in [3.8, 4) is 0 Å². The van der Waals surface area contributed by atoms with E-state index in [1.54, 1.807) is 0 Å². The molecule has 0 saturated heterocycles. The van der Waals surface area contributed by atoms with Crippen molar-refractivity contribution in [2.45, 2.75) is 79.1 Å². The summed E-state index contributed by atoms with van der Waals surface area (Å²) >= 11 is 0. The number of hydrogen-bond acceptors (Lipinski definition) is 3. The Labute approximate surface area is 195 Å². The molecule has 116 valence electrons. The van der Waals surface area contributed by atoms with E-state index in [0.29, 0.717) is 0 Å². The molecule has 0 amide bonds. The maximum absolute atomic E-state index is 11.9. The summed E-state index contributed by atoms with van der Waals surface area (Å²) in [4.78, 5) is 23.9. The van der Waals surface area contributed by atoms with Crippen LogP contribution >= 0.6 is 0 Å². The molecule has 2 unspecified atom stereocenters. The van der Waals surface area contributed by atoms with Gasteiger partial charge >= 0.3 is 92.9 Å². The Morgan fingerprint density at radius 1 is 0.810 bits per heavy atom. The van der Waals surface area contributed by atoms with Crippen LogP contribution in [0, 0.1) is 11.8 Å². The third kappa shape index (κ3) is 12.8. The molecule has 0 fully saturated rings. The molecule has 0 aromatic carbocycles. The Morgan fingerprint density at radius 2 is 1.14 bits per heavy atom. The van der Waals surface area contributed by atoms with Gasteiger partial charge in [0, 0.05) is 0 Å². The number of carbonyl (C=O) groups excluding carboxylic acids is 2. The molecule has 0 heterocycles. The molecule has 0 bridgehead atoms. The van der Waals surface area contributed by atoms with Crippen molar-refractivity contribution in [1.29, 1.82) is 0 Å². The number of esters is 2. The standard InChI is InChI=1S/C16H30O3.K.Na.2H/c1-5-9-11-13(7-3)15(17)19-16(18)14(8-4)12-10-6-2;;;;/h13-14H,5-12H2,1-4H3;;;;. The molecule has 0 N–H and O–H groups in total. The second-order valence-corrected chi connectivity index (χ2v) is 5.23. The molecular formula is C16H32KNaO3. The first-order valence-corrected chi connectivity index (χ1v) is 7.86. The predicted octanol–water partition coefficient (Wildman–Crippen LogP) is 3.19. The first-order chi connectivity index (χ1) is 9.10. The van der Waals surface area contributed by atoms with Gasteiger partial charge in [0.15, 0.2) is 0 Å². The zero-order valence-corrected chi connectivity index (χ0v) is 13.0. The van der Waals surface area contributed by atoms with Crippen molar-refractivity contribution in [3.63, 3.8) is 0 Å². The third-order valence-electron chi connectivity index (χ3n) is 3.67. The van der Waals surface area contributed by atoms with Crippen LogP contribution in [0.5, 0.6) is 0 Å². The van der Waals surface area contributed by atoms with E-state index in [-0.39, 0.29) is 105 Å². The van der Waals surface area contributed by atoms with Crippen molar-refractivity contribution in [2.75, 3.05) is 0 Å². The quantitative estimate of drug-likeness (QED) is 0.350. The molecule has 0 radical (unpaired) electrons. The SMILES string of the molecule is CCCCC(CC)C(=O)OC(=O)C(CC)CCCC.[KH].[NaH]. The zero-order valence-electron chi connectivity index (χ0n) is 13.0. The van der Waals surface area contributed by atoms with Crippen LogP contribution < -0.4 is 0 Å². The number of carbonyl (C=O) groups is 2. The van der Waals surface area contributed by atoms with Crippen molar-refractivity contribution < 1.29 is 14.3 Å². The summed E-state index contributed by atoms with van der Waals surface area (Å²) in [6.07, 6.45) is 7.28. The molecule has 0 spiro atoms. The topological polar surface area (TPSA) is 43.4 Å². The van der Waals surface area contributed by atoms with Gasteiger partial charge in [0.25, 0.3) is 0 Å². The fourth-order valence-electron chi connectivity index (χ4n) is 2.14. The van der Waals surface area contributed by atoms with Crippen LogP contribution in [0.1, 0.15) is 79.1 Å². The van der Waals surface area contributed by atoms with Gasteiger partial charge in [-0.3, -0.25) is 9.59 Å². The van der Waals surface area contributed by atoms with Gasteiger partial charge < -0.3 is 4.74 Å². The summed E-state index contributed by atoms with van der Waals surface area (Å²) in [7, 11) is 0. The molecule has 0 rings (SSSR count). The molecule has 2 atom stereocenters. The predicted molar refractivity (Wildman–Crippen MR) is 92.0 cm³/mol. The zero-order chi connectivity index (χ0) is 14.7. The van der Waals surface area contributed by atoms with E-state index in [1.165, 1.54) is 0 Å². The second kappa shape index (κ2) is 18.1. The first kappa shape index (κ1) is 27.6. The Morgan fingerprint density at radius 3 is 1.38 bits per heavy atom. The summed E-state index contributed by atoms with van der Waals surface area (Å²) in [6.45, 7) is 8.14. The Kier molecular flexibility index (Phi) is 23.8. The van der Waals surface area contributed by atoms with E-state index in [9.17, 15) is 9.59 Å². The second-order valence-electron chi connectivity index (χ2n) is 5.23. The van der Waals surface area contributed by atoms with Crippen LogP contribution in [-0.2, 0) is 14.3 Å². The third-order valence-corrected chi connectivity index (χ3v) is 3.67. The molecule has 0 aliphatic rings. The minimum atomic E-state index is -0.323. The average Bonchev–Trinajstić information content (AvgIpc) is 2.40. The fourth-order valence-corrected chi connectivity index (χ4v) is 2.14. The fraction of sp³-hybridized carbons (Fsp3) is 0.875. The van der Waals surface area contributed by atoms with Crippen LogP contribution in [0.4, 0.5) is 0 Å². The molecule has 5 heteroatoms. The van der Waals surface area contributed by atoms with Gasteiger partial charge in [-0.05, 0) is 25.7 Å². The summed E-state index contributed by atoms with van der Waals surface area (Å²) in [6, 6.07) is 0. The molecule has 3 nitrogen and oxygen atoms in total. The van der Waals surface area contributed by atoms with Gasteiger partial charge in [-0.15, -0.1) is 0 Å². The summed E-state index contributed by atoms with van der Waals surface area (Å²) in [5, 5.41) is 0. The first-order valence-electron chi connectivity index (χ1n) is 7.86. The van der Waals surface area contributed by atoms with Crippen molar-refractivity contribution in [1.82, 2.24) is 0 Å². The van der Waals surface area contributed by atoms with E-state index in [1.807, 2.05) is 13.8 Å². The van der Waals surface area contributed by atoms with Crippen LogP contribution in [0.3, 0.4) is 0 Å². The number of rotatable bonds is 10. The number of unbranched alkanes of at least 4 members (excludes halogenated alkanes) is 2. The average molecular weight is 335 g/mol. The van der Waals surface area contributed by atoms with Gasteiger partial charge in [-0.25, -0.2) is 0 Å². The summed E-state index contributed by atoms with van der Waals surface area (Å²) < 4.78 is 5.07. The van der Waals surface area contributed by atoms with Crippen molar-refractivity contribution >= 4 is 92.9 Å². The number of hydrogen-bond donors (Lipinski definition) is 0. The van der Waals surface area contributed by atoms with Crippen LogP contribution in [-0.4, -0.2) is 92.9 Å². The Bertz CT molecular complexity index is 246. The molecule has 21 heavy (non-hydrogen) atoms. The molecule has 0 aliphatic heterocycles. The van der Waals surface area contributed by atoms with Crippen molar-refractivity contribution in [2.24, 2.45) is 11.8 Å². The molecule has 0 aliphatic carbocycles. The normalized spacial score (nSPS) is 12.6. The van der Waals surface area contributed by atoms with E-state index in [2.05, 4.69) is 13.8 Å². The van der Waals surface area contributed by atoms with Crippen molar-refractivity contribution in [3.05, 3.63) is 0 Å². The van der Waals surface area contributed by atoms with Crippen LogP contribution in [0.25, 0.3) is 0 Å². The molecule has 0 saturated carbocycles. The van der Waals surface area contributed by atoms with E-state index in [4.69, 9.17) is 4.74 Å². The van der Waals surface area contributed by atoms with Gasteiger partial charge in [0.2, 0.25) is 0 Å². The van der Waals surface area contributed by atoms with E-state index < -0.39 is 0 Å². The molecular weight excluding hydrogens is 302 g/mol. The summed E-state index contributed by atoms with van der Waals surface area (Å²) in [5.41, 5.74) is 0. The number of ether oxygens (including phenoxy) is 1. The van der Waals surface area contributed by atoms with E-state index >= 15 is 0 Å². The monoisotopic (exact) mass is 334 g/mol. The molecule has 0 aromatic rings. The Hall–Kier alpha value is 1.78. The summed E-state index contributed by atoms with van der Waals surface area (Å²) in [5.74, 6) is -0.882. The molecule has 0 aromatic heterocycles. The minimum absolute atomic E-state index is 0. The van der Waals surface area contributed by atoms with E-state index in [0.717, 1.165) is 51.4 Å². The van der Waals surface area contributed by atoms with Gasteiger partial charge in [-0.1, -0.05) is 53.4 Å². The van der Waals surface area contributed by atoms with Crippen LogP contribution in [0.15, 0.2) is 0 Å². The van der Waals surface area contributed by atoms with Crippen LogP contribution in [0.2, 0.25) is 0 Å².